The highest BCUT2D eigenvalue weighted by Gasteiger charge is 2.36. The fraction of sp³-hybridized carbons (Fsp3) is 0.500. The van der Waals surface area contributed by atoms with Crippen LogP contribution in [0.4, 0.5) is 5.69 Å². The van der Waals surface area contributed by atoms with Crippen LogP contribution in [0.5, 0.6) is 5.75 Å². The van der Waals surface area contributed by atoms with E-state index in [4.69, 9.17) is 21.1 Å². The van der Waals surface area contributed by atoms with Gasteiger partial charge in [-0.1, -0.05) is 11.6 Å². The molecular weight excluding hydrogens is 320 g/mol. The minimum absolute atomic E-state index is 0.0345. The molecule has 1 fully saturated rings. The number of ether oxygens (including phenoxy) is 2. The first kappa shape index (κ1) is 17.6. The number of benzene rings is 1. The number of nitrogens with zero attached hydrogens (tertiary/aromatic N) is 1. The van der Waals surface area contributed by atoms with Crippen LogP contribution in [-0.4, -0.2) is 50.1 Å². The van der Waals surface area contributed by atoms with Gasteiger partial charge in [-0.3, -0.25) is 9.59 Å². The molecule has 1 aliphatic heterocycles. The van der Waals surface area contributed by atoms with Crippen LogP contribution in [0, 0.1) is 5.92 Å². The van der Waals surface area contributed by atoms with Gasteiger partial charge in [-0.05, 0) is 25.1 Å². The molecule has 2 rings (SSSR count). The summed E-state index contributed by atoms with van der Waals surface area (Å²) in [4.78, 5) is 26.2. The second kappa shape index (κ2) is 7.66. The van der Waals surface area contributed by atoms with Crippen molar-refractivity contribution >= 4 is 29.1 Å². The molecule has 1 N–H and O–H groups in total. The third-order valence-corrected chi connectivity index (χ3v) is 4.12. The van der Waals surface area contributed by atoms with Crippen molar-refractivity contribution in [3.05, 3.63) is 23.2 Å². The molecule has 0 bridgehead atoms. The zero-order chi connectivity index (χ0) is 17.0. The van der Waals surface area contributed by atoms with Crippen LogP contribution in [0.15, 0.2) is 18.2 Å². The van der Waals surface area contributed by atoms with Gasteiger partial charge in [-0.25, -0.2) is 0 Å². The van der Waals surface area contributed by atoms with Crippen molar-refractivity contribution in [2.24, 2.45) is 5.92 Å². The van der Waals surface area contributed by atoms with Gasteiger partial charge in [-0.2, -0.15) is 0 Å². The third-order valence-electron chi connectivity index (χ3n) is 3.89. The summed E-state index contributed by atoms with van der Waals surface area (Å²) in [7, 11) is 3.11. The molecule has 2 amide bonds. The molecule has 0 aliphatic carbocycles. The van der Waals surface area contributed by atoms with Crippen molar-refractivity contribution in [3.8, 4) is 5.75 Å². The number of rotatable bonds is 6. The van der Waals surface area contributed by atoms with E-state index in [0.717, 1.165) is 0 Å². The minimum Gasteiger partial charge on any atom is -0.495 e. The maximum atomic E-state index is 12.4. The Morgan fingerprint density at radius 2 is 2.22 bits per heavy atom. The molecule has 1 saturated heterocycles. The lowest BCUT2D eigenvalue weighted by Crippen LogP contribution is -2.38. The van der Waals surface area contributed by atoms with Crippen molar-refractivity contribution in [2.75, 3.05) is 32.7 Å². The number of methoxy groups -OCH3 is 2. The first-order valence-electron chi connectivity index (χ1n) is 7.39. The van der Waals surface area contributed by atoms with E-state index >= 15 is 0 Å². The van der Waals surface area contributed by atoms with Gasteiger partial charge in [0.15, 0.2) is 0 Å². The molecule has 1 aromatic carbocycles. The van der Waals surface area contributed by atoms with Gasteiger partial charge in [0, 0.05) is 25.1 Å². The summed E-state index contributed by atoms with van der Waals surface area (Å²) in [5, 5.41) is 3.30. The average molecular weight is 341 g/mol. The van der Waals surface area contributed by atoms with Crippen molar-refractivity contribution in [2.45, 2.75) is 19.4 Å². The van der Waals surface area contributed by atoms with Gasteiger partial charge in [0.1, 0.15) is 5.75 Å². The van der Waals surface area contributed by atoms with Crippen LogP contribution in [-0.2, 0) is 14.3 Å². The van der Waals surface area contributed by atoms with Crippen molar-refractivity contribution in [1.29, 1.82) is 0 Å². The molecule has 126 valence electrons. The molecule has 0 radical (unpaired) electrons. The molecule has 0 unspecified atom stereocenters. The van der Waals surface area contributed by atoms with Gasteiger partial charge >= 0.3 is 0 Å². The highest BCUT2D eigenvalue weighted by atomic mass is 35.5. The normalized spacial score (nSPS) is 18.9. The molecule has 6 nitrogen and oxygen atoms in total. The van der Waals surface area contributed by atoms with E-state index in [0.29, 0.717) is 29.6 Å². The zero-order valence-electron chi connectivity index (χ0n) is 13.5. The predicted octanol–water partition coefficient (Wildman–Crippen LogP) is 2.17. The van der Waals surface area contributed by atoms with Gasteiger partial charge in [-0.15, -0.1) is 0 Å². The van der Waals surface area contributed by atoms with Crippen molar-refractivity contribution < 1.29 is 19.1 Å². The van der Waals surface area contributed by atoms with E-state index in [9.17, 15) is 9.59 Å². The van der Waals surface area contributed by atoms with E-state index in [-0.39, 0.29) is 24.3 Å². The molecule has 7 heteroatoms. The number of likely N-dealkylation sites (tertiary alicyclic amines) is 1. The highest BCUT2D eigenvalue weighted by Crippen LogP contribution is 2.29. The van der Waals surface area contributed by atoms with E-state index in [1.165, 1.54) is 7.11 Å². The number of hydrogen-bond acceptors (Lipinski definition) is 4. The number of carbonyl (C=O) groups is 2. The van der Waals surface area contributed by atoms with E-state index in [2.05, 4.69) is 5.32 Å². The SMILES string of the molecule is COC[C@@H](C)N1C[C@@H](C(=O)Nc2cc(Cl)ccc2OC)CC1=O. The highest BCUT2D eigenvalue weighted by molar-refractivity contribution is 6.31. The Labute approximate surface area is 140 Å². The summed E-state index contributed by atoms with van der Waals surface area (Å²) in [5.74, 6) is -0.124. The summed E-state index contributed by atoms with van der Waals surface area (Å²) in [6.45, 7) is 2.74. The average Bonchev–Trinajstić information content (AvgIpc) is 2.90. The number of amides is 2. The third kappa shape index (κ3) is 4.14. The Hall–Kier alpha value is -1.79. The molecule has 0 aromatic heterocycles. The summed E-state index contributed by atoms with van der Waals surface area (Å²) in [6.07, 6.45) is 0.197. The van der Waals surface area contributed by atoms with Crippen LogP contribution < -0.4 is 10.1 Å². The summed E-state index contributed by atoms with van der Waals surface area (Å²) in [5.41, 5.74) is 0.501. The summed E-state index contributed by atoms with van der Waals surface area (Å²) < 4.78 is 10.3. The first-order chi connectivity index (χ1) is 11.0. The maximum absolute atomic E-state index is 12.4. The number of carbonyl (C=O) groups excluding carboxylic acids is 2. The Morgan fingerprint density at radius 3 is 2.87 bits per heavy atom. The Kier molecular flexibility index (Phi) is 5.85. The maximum Gasteiger partial charge on any atom is 0.229 e. The van der Waals surface area contributed by atoms with Gasteiger partial charge < -0.3 is 19.7 Å². The molecular formula is C16H21ClN2O4. The zero-order valence-corrected chi connectivity index (χ0v) is 14.2. The van der Waals surface area contributed by atoms with E-state index in [1.54, 1.807) is 30.2 Å². The van der Waals surface area contributed by atoms with E-state index < -0.39 is 5.92 Å². The first-order valence-corrected chi connectivity index (χ1v) is 7.76. The van der Waals surface area contributed by atoms with Crippen LogP contribution in [0.25, 0.3) is 0 Å². The topological polar surface area (TPSA) is 67.9 Å². The Balaban J connectivity index is 2.05. The lowest BCUT2D eigenvalue weighted by molar-refractivity contribution is -0.130. The number of anilines is 1. The number of nitrogens with one attached hydrogen (secondary N) is 1. The van der Waals surface area contributed by atoms with Gasteiger partial charge in [0.05, 0.1) is 31.4 Å². The standard InChI is InChI=1S/C16H21ClN2O4/c1-10(9-22-2)19-8-11(6-15(19)20)16(21)18-13-7-12(17)4-5-14(13)23-3/h4-5,7,10-11H,6,8-9H2,1-3H3,(H,18,21)/t10-,11+/m1/s1. The molecule has 1 heterocycles. The van der Waals surface area contributed by atoms with Crippen LogP contribution >= 0.6 is 11.6 Å². The van der Waals surface area contributed by atoms with Crippen molar-refractivity contribution in [1.82, 2.24) is 4.90 Å². The second-order valence-corrected chi connectivity index (χ2v) is 6.02. The Bertz CT molecular complexity index is 593. The molecule has 1 aliphatic rings. The van der Waals surface area contributed by atoms with E-state index in [1.807, 2.05) is 6.92 Å². The van der Waals surface area contributed by atoms with Crippen LogP contribution in [0.2, 0.25) is 5.02 Å². The van der Waals surface area contributed by atoms with Gasteiger partial charge in [0.2, 0.25) is 11.8 Å². The minimum atomic E-state index is -0.398. The summed E-state index contributed by atoms with van der Waals surface area (Å²) >= 11 is 5.96. The molecule has 23 heavy (non-hydrogen) atoms. The Morgan fingerprint density at radius 1 is 1.48 bits per heavy atom. The summed E-state index contributed by atoms with van der Waals surface area (Å²) in [6, 6.07) is 4.94. The quantitative estimate of drug-likeness (QED) is 0.861. The monoisotopic (exact) mass is 340 g/mol. The van der Waals surface area contributed by atoms with Gasteiger partial charge in [0.25, 0.3) is 0 Å². The molecule has 0 saturated carbocycles. The lowest BCUT2D eigenvalue weighted by Gasteiger charge is -2.24. The fourth-order valence-corrected chi connectivity index (χ4v) is 2.85. The predicted molar refractivity (Wildman–Crippen MR) is 87.8 cm³/mol. The molecule has 1 aromatic rings. The molecule has 2 atom stereocenters. The lowest BCUT2D eigenvalue weighted by atomic mass is 10.1. The number of hydrogen-bond donors (Lipinski definition) is 1. The number of halogens is 1. The van der Waals surface area contributed by atoms with Crippen LogP contribution in [0.3, 0.4) is 0 Å². The molecule has 0 spiro atoms. The second-order valence-electron chi connectivity index (χ2n) is 5.59. The largest absolute Gasteiger partial charge is 0.495 e. The van der Waals surface area contributed by atoms with Crippen molar-refractivity contribution in [3.63, 3.8) is 0 Å². The van der Waals surface area contributed by atoms with Crippen LogP contribution in [0.1, 0.15) is 13.3 Å². The smallest absolute Gasteiger partial charge is 0.229 e. The fourth-order valence-electron chi connectivity index (χ4n) is 2.68.